The Hall–Kier alpha value is -0.120. The molecule has 1 N–H and O–H groups in total. The SMILES string of the molecule is CCNCCCCCCN1CCCC(OC)C1. The largest absolute Gasteiger partial charge is 0.380 e. The van der Waals surface area contributed by atoms with Crippen LogP contribution in [0.4, 0.5) is 0 Å². The number of nitrogens with one attached hydrogen (secondary N) is 1. The Kier molecular flexibility index (Phi) is 8.67. The lowest BCUT2D eigenvalue weighted by Gasteiger charge is -2.31. The van der Waals surface area contributed by atoms with E-state index >= 15 is 0 Å². The molecular weight excluding hydrogens is 212 g/mol. The van der Waals surface area contributed by atoms with Crippen LogP contribution in [0.1, 0.15) is 45.4 Å². The Balaban J connectivity index is 1.91. The van der Waals surface area contributed by atoms with Crippen molar-refractivity contribution in [3.05, 3.63) is 0 Å². The molecule has 3 nitrogen and oxygen atoms in total. The molecule has 0 aromatic rings. The molecule has 1 aliphatic heterocycles. The molecule has 0 bridgehead atoms. The van der Waals surface area contributed by atoms with Crippen molar-refractivity contribution >= 4 is 0 Å². The molecule has 1 saturated heterocycles. The fourth-order valence-electron chi connectivity index (χ4n) is 2.52. The minimum absolute atomic E-state index is 0.484. The Morgan fingerprint density at radius 2 is 2.06 bits per heavy atom. The summed E-state index contributed by atoms with van der Waals surface area (Å²) in [5.41, 5.74) is 0. The lowest BCUT2D eigenvalue weighted by atomic mass is 10.1. The van der Waals surface area contributed by atoms with Crippen molar-refractivity contribution < 1.29 is 4.74 Å². The molecular formula is C14H30N2O. The third-order valence-electron chi connectivity index (χ3n) is 3.62. The smallest absolute Gasteiger partial charge is 0.0698 e. The van der Waals surface area contributed by atoms with E-state index < -0.39 is 0 Å². The molecule has 1 rings (SSSR count). The molecule has 102 valence electrons. The molecule has 1 atom stereocenters. The Morgan fingerprint density at radius 3 is 2.82 bits per heavy atom. The van der Waals surface area contributed by atoms with Crippen molar-refractivity contribution in [3.8, 4) is 0 Å². The van der Waals surface area contributed by atoms with Crippen molar-refractivity contribution in [1.29, 1.82) is 0 Å². The Morgan fingerprint density at radius 1 is 1.24 bits per heavy atom. The van der Waals surface area contributed by atoms with Crippen molar-refractivity contribution in [2.45, 2.75) is 51.6 Å². The Labute approximate surface area is 107 Å². The van der Waals surface area contributed by atoms with Crippen LogP contribution in [0.5, 0.6) is 0 Å². The number of ether oxygens (including phenoxy) is 1. The van der Waals surface area contributed by atoms with Gasteiger partial charge in [-0.3, -0.25) is 0 Å². The van der Waals surface area contributed by atoms with Crippen LogP contribution < -0.4 is 5.32 Å². The van der Waals surface area contributed by atoms with Crippen LogP contribution in [0.2, 0.25) is 0 Å². The van der Waals surface area contributed by atoms with E-state index in [1.54, 1.807) is 0 Å². The summed E-state index contributed by atoms with van der Waals surface area (Å²) in [4.78, 5) is 2.57. The van der Waals surface area contributed by atoms with Crippen LogP contribution in [0.15, 0.2) is 0 Å². The lowest BCUT2D eigenvalue weighted by Crippen LogP contribution is -2.39. The van der Waals surface area contributed by atoms with Gasteiger partial charge in [0.1, 0.15) is 0 Å². The van der Waals surface area contributed by atoms with Gasteiger partial charge in [0.05, 0.1) is 6.10 Å². The number of hydrogen-bond acceptors (Lipinski definition) is 3. The predicted molar refractivity (Wildman–Crippen MR) is 73.5 cm³/mol. The maximum absolute atomic E-state index is 5.44. The summed E-state index contributed by atoms with van der Waals surface area (Å²) in [6, 6.07) is 0. The quantitative estimate of drug-likeness (QED) is 0.628. The number of methoxy groups -OCH3 is 1. The number of hydrogen-bond donors (Lipinski definition) is 1. The van der Waals surface area contributed by atoms with E-state index in [2.05, 4.69) is 17.1 Å². The highest BCUT2D eigenvalue weighted by atomic mass is 16.5. The number of nitrogens with zero attached hydrogens (tertiary/aromatic N) is 1. The van der Waals surface area contributed by atoms with E-state index in [0.29, 0.717) is 6.10 Å². The lowest BCUT2D eigenvalue weighted by molar-refractivity contribution is 0.0309. The van der Waals surface area contributed by atoms with E-state index in [1.807, 2.05) is 7.11 Å². The normalized spacial score (nSPS) is 21.9. The summed E-state index contributed by atoms with van der Waals surface area (Å²) in [6.45, 7) is 8.15. The second-order valence-corrected chi connectivity index (χ2v) is 5.07. The summed E-state index contributed by atoms with van der Waals surface area (Å²) in [6.07, 6.45) is 8.46. The van der Waals surface area contributed by atoms with Gasteiger partial charge in [-0.15, -0.1) is 0 Å². The van der Waals surface area contributed by atoms with E-state index in [4.69, 9.17) is 4.74 Å². The topological polar surface area (TPSA) is 24.5 Å². The van der Waals surface area contributed by atoms with Gasteiger partial charge in [-0.25, -0.2) is 0 Å². The molecule has 0 aromatic heterocycles. The van der Waals surface area contributed by atoms with Gasteiger partial charge in [0.2, 0.25) is 0 Å². The summed E-state index contributed by atoms with van der Waals surface area (Å²) in [7, 11) is 1.84. The number of piperidine rings is 1. The molecule has 0 saturated carbocycles. The van der Waals surface area contributed by atoms with Crippen LogP contribution in [-0.2, 0) is 4.74 Å². The van der Waals surface area contributed by atoms with Crippen LogP contribution in [0, 0.1) is 0 Å². The average Bonchev–Trinajstić information content (AvgIpc) is 2.38. The van der Waals surface area contributed by atoms with E-state index in [1.165, 1.54) is 58.2 Å². The van der Waals surface area contributed by atoms with Crippen LogP contribution >= 0.6 is 0 Å². The van der Waals surface area contributed by atoms with E-state index in [0.717, 1.165) is 13.1 Å². The van der Waals surface area contributed by atoms with Gasteiger partial charge in [-0.05, 0) is 51.9 Å². The molecule has 0 aromatic carbocycles. The van der Waals surface area contributed by atoms with Gasteiger partial charge in [0.25, 0.3) is 0 Å². The molecule has 17 heavy (non-hydrogen) atoms. The zero-order valence-corrected chi connectivity index (χ0v) is 11.7. The number of rotatable bonds is 9. The van der Waals surface area contributed by atoms with Crippen molar-refractivity contribution in [1.82, 2.24) is 10.2 Å². The van der Waals surface area contributed by atoms with Gasteiger partial charge >= 0.3 is 0 Å². The highest BCUT2D eigenvalue weighted by molar-refractivity contribution is 4.72. The first-order valence-corrected chi connectivity index (χ1v) is 7.32. The predicted octanol–water partition coefficient (Wildman–Crippen LogP) is 2.27. The van der Waals surface area contributed by atoms with Gasteiger partial charge in [-0.1, -0.05) is 19.8 Å². The fourth-order valence-corrected chi connectivity index (χ4v) is 2.52. The summed E-state index contributed by atoms with van der Waals surface area (Å²) in [5.74, 6) is 0. The molecule has 1 heterocycles. The molecule has 0 aliphatic carbocycles. The van der Waals surface area contributed by atoms with Gasteiger partial charge < -0.3 is 15.0 Å². The van der Waals surface area contributed by atoms with E-state index in [-0.39, 0.29) is 0 Å². The number of likely N-dealkylation sites (tertiary alicyclic amines) is 1. The first kappa shape index (κ1) is 14.9. The minimum Gasteiger partial charge on any atom is -0.380 e. The molecule has 0 amide bonds. The Bertz CT molecular complexity index is 176. The fraction of sp³-hybridized carbons (Fsp3) is 1.00. The van der Waals surface area contributed by atoms with Gasteiger partial charge in [0.15, 0.2) is 0 Å². The highest BCUT2D eigenvalue weighted by Gasteiger charge is 2.18. The zero-order chi connectivity index (χ0) is 12.3. The highest BCUT2D eigenvalue weighted by Crippen LogP contribution is 2.13. The second kappa shape index (κ2) is 9.86. The monoisotopic (exact) mass is 242 g/mol. The minimum atomic E-state index is 0.484. The van der Waals surface area contributed by atoms with Crippen molar-refractivity contribution in [2.24, 2.45) is 0 Å². The molecule has 1 unspecified atom stereocenters. The van der Waals surface area contributed by atoms with Crippen LogP contribution in [-0.4, -0.2) is 50.8 Å². The molecule has 1 aliphatic rings. The molecule has 0 radical (unpaired) electrons. The standard InChI is InChI=1S/C14H30N2O/c1-3-15-10-6-4-5-7-11-16-12-8-9-14(13-16)17-2/h14-15H,3-13H2,1-2H3. The van der Waals surface area contributed by atoms with Crippen molar-refractivity contribution in [2.75, 3.05) is 39.8 Å². The van der Waals surface area contributed by atoms with Gasteiger partial charge in [0, 0.05) is 13.7 Å². The summed E-state index contributed by atoms with van der Waals surface area (Å²) < 4.78 is 5.44. The van der Waals surface area contributed by atoms with Crippen LogP contribution in [0.3, 0.4) is 0 Å². The zero-order valence-electron chi connectivity index (χ0n) is 11.7. The number of unbranched alkanes of at least 4 members (excludes halogenated alkanes) is 3. The second-order valence-electron chi connectivity index (χ2n) is 5.07. The maximum Gasteiger partial charge on any atom is 0.0698 e. The summed E-state index contributed by atoms with van der Waals surface area (Å²) >= 11 is 0. The molecule has 1 fully saturated rings. The first-order valence-electron chi connectivity index (χ1n) is 7.32. The first-order chi connectivity index (χ1) is 8.36. The van der Waals surface area contributed by atoms with Crippen LogP contribution in [0.25, 0.3) is 0 Å². The maximum atomic E-state index is 5.44. The molecule has 0 spiro atoms. The third-order valence-corrected chi connectivity index (χ3v) is 3.62. The third kappa shape index (κ3) is 7.02. The average molecular weight is 242 g/mol. The van der Waals surface area contributed by atoms with E-state index in [9.17, 15) is 0 Å². The summed E-state index contributed by atoms with van der Waals surface area (Å²) in [5, 5.41) is 3.37. The van der Waals surface area contributed by atoms with Gasteiger partial charge in [-0.2, -0.15) is 0 Å². The van der Waals surface area contributed by atoms with Crippen molar-refractivity contribution in [3.63, 3.8) is 0 Å². The molecule has 3 heteroatoms.